The van der Waals surface area contributed by atoms with Gasteiger partial charge in [0.05, 0.1) is 5.69 Å². The molecule has 0 unspecified atom stereocenters. The highest BCUT2D eigenvalue weighted by Gasteiger charge is 2.18. The van der Waals surface area contributed by atoms with Crippen molar-refractivity contribution < 1.29 is 4.79 Å². The number of nitrogens with zero attached hydrogens (tertiary/aromatic N) is 2. The van der Waals surface area contributed by atoms with E-state index in [2.05, 4.69) is 34.7 Å². The first-order valence-corrected chi connectivity index (χ1v) is 6.53. The van der Waals surface area contributed by atoms with E-state index in [1.807, 2.05) is 37.6 Å². The van der Waals surface area contributed by atoms with Crippen molar-refractivity contribution in [3.8, 4) is 5.69 Å². The molecule has 0 saturated carbocycles. The SMILES string of the molecule is C=O.CC.c1cnn(-c2ccc(C3CNC3)cc2)c1. The van der Waals surface area contributed by atoms with Crippen LogP contribution in [0.3, 0.4) is 0 Å². The van der Waals surface area contributed by atoms with Crippen LogP contribution in [0.5, 0.6) is 0 Å². The summed E-state index contributed by atoms with van der Waals surface area (Å²) in [6.45, 7) is 8.22. The number of benzene rings is 1. The predicted octanol–water partition coefficient (Wildman–Crippen LogP) is 2.40. The summed E-state index contributed by atoms with van der Waals surface area (Å²) in [6.07, 6.45) is 3.75. The Kier molecular flexibility index (Phi) is 6.53. The third kappa shape index (κ3) is 3.76. The maximum Gasteiger partial charge on any atom is 0.106 e. The Hall–Kier alpha value is -1.94. The van der Waals surface area contributed by atoms with Crippen LogP contribution < -0.4 is 5.32 Å². The Bertz CT molecular complexity index is 447. The highest BCUT2D eigenvalue weighted by Crippen LogP contribution is 2.20. The quantitative estimate of drug-likeness (QED) is 0.901. The molecule has 1 aliphatic rings. The lowest BCUT2D eigenvalue weighted by molar-refractivity contribution is -0.0979. The number of aromatic nitrogens is 2. The molecule has 3 rings (SSSR count). The van der Waals surface area contributed by atoms with Gasteiger partial charge in [0.15, 0.2) is 0 Å². The molecule has 1 aliphatic heterocycles. The third-order valence-corrected chi connectivity index (χ3v) is 2.91. The Balaban J connectivity index is 0.000000415. The third-order valence-electron chi connectivity index (χ3n) is 2.91. The van der Waals surface area contributed by atoms with Crippen LogP contribution in [0.1, 0.15) is 25.3 Å². The van der Waals surface area contributed by atoms with Crippen molar-refractivity contribution in [3.05, 3.63) is 48.3 Å². The molecule has 0 spiro atoms. The predicted molar refractivity (Wildman–Crippen MR) is 77.6 cm³/mol. The minimum absolute atomic E-state index is 0.705. The summed E-state index contributed by atoms with van der Waals surface area (Å²) in [5, 5.41) is 7.48. The van der Waals surface area contributed by atoms with Crippen molar-refractivity contribution in [1.29, 1.82) is 0 Å². The van der Waals surface area contributed by atoms with E-state index < -0.39 is 0 Å². The molecule has 1 saturated heterocycles. The molecule has 2 heterocycles. The van der Waals surface area contributed by atoms with Gasteiger partial charge in [-0.3, -0.25) is 0 Å². The number of carbonyl (C=O) groups is 1. The molecule has 19 heavy (non-hydrogen) atoms. The second-order valence-corrected chi connectivity index (χ2v) is 3.90. The second-order valence-electron chi connectivity index (χ2n) is 3.90. The lowest BCUT2D eigenvalue weighted by atomic mass is 9.94. The zero-order valence-corrected chi connectivity index (χ0v) is 11.5. The van der Waals surface area contributed by atoms with Crippen LogP contribution >= 0.6 is 0 Å². The Morgan fingerprint density at radius 1 is 1.21 bits per heavy atom. The topological polar surface area (TPSA) is 46.9 Å². The highest BCUT2D eigenvalue weighted by molar-refractivity contribution is 5.36. The van der Waals surface area contributed by atoms with Gasteiger partial charge in [0.25, 0.3) is 0 Å². The maximum absolute atomic E-state index is 8.00. The fraction of sp³-hybridized carbons (Fsp3) is 0.333. The van der Waals surface area contributed by atoms with Gasteiger partial charge < -0.3 is 10.1 Å². The van der Waals surface area contributed by atoms with E-state index in [4.69, 9.17) is 4.79 Å². The molecule has 1 aromatic carbocycles. The molecular weight excluding hydrogens is 238 g/mol. The summed E-state index contributed by atoms with van der Waals surface area (Å²) >= 11 is 0. The van der Waals surface area contributed by atoms with Gasteiger partial charge in [0.2, 0.25) is 0 Å². The van der Waals surface area contributed by atoms with Crippen molar-refractivity contribution in [2.24, 2.45) is 0 Å². The van der Waals surface area contributed by atoms with Gasteiger partial charge in [-0.15, -0.1) is 0 Å². The summed E-state index contributed by atoms with van der Waals surface area (Å²) in [6, 6.07) is 10.6. The van der Waals surface area contributed by atoms with Crippen molar-refractivity contribution in [2.45, 2.75) is 19.8 Å². The lowest BCUT2D eigenvalue weighted by Gasteiger charge is -2.27. The van der Waals surface area contributed by atoms with E-state index in [1.54, 1.807) is 6.20 Å². The molecular formula is C15H21N3O. The molecule has 0 radical (unpaired) electrons. The summed E-state index contributed by atoms with van der Waals surface area (Å²) < 4.78 is 1.88. The maximum atomic E-state index is 8.00. The van der Waals surface area contributed by atoms with Gasteiger partial charge in [-0.1, -0.05) is 26.0 Å². The zero-order valence-electron chi connectivity index (χ0n) is 11.5. The van der Waals surface area contributed by atoms with Crippen LogP contribution in [-0.2, 0) is 4.79 Å². The number of carbonyl (C=O) groups excluding carboxylic acids is 1. The smallest absolute Gasteiger partial charge is 0.106 e. The summed E-state index contributed by atoms with van der Waals surface area (Å²) in [5.74, 6) is 0.705. The Morgan fingerprint density at radius 2 is 1.84 bits per heavy atom. The Labute approximate surface area is 114 Å². The van der Waals surface area contributed by atoms with Crippen molar-refractivity contribution in [1.82, 2.24) is 15.1 Å². The first-order chi connectivity index (χ1) is 9.43. The highest BCUT2D eigenvalue weighted by atomic mass is 16.1. The fourth-order valence-electron chi connectivity index (χ4n) is 1.85. The van der Waals surface area contributed by atoms with Gasteiger partial charge in [-0.2, -0.15) is 5.10 Å². The van der Waals surface area contributed by atoms with Gasteiger partial charge in [-0.25, -0.2) is 4.68 Å². The van der Waals surface area contributed by atoms with Crippen molar-refractivity contribution in [2.75, 3.05) is 13.1 Å². The van der Waals surface area contributed by atoms with Gasteiger partial charge in [-0.05, 0) is 23.8 Å². The van der Waals surface area contributed by atoms with Crippen LogP contribution in [0.4, 0.5) is 0 Å². The summed E-state index contributed by atoms with van der Waals surface area (Å²) in [7, 11) is 0. The molecule has 102 valence electrons. The summed E-state index contributed by atoms with van der Waals surface area (Å²) in [5.41, 5.74) is 2.54. The van der Waals surface area contributed by atoms with Crippen LogP contribution in [0.2, 0.25) is 0 Å². The standard InChI is InChI=1S/C12H13N3.C2H6.CH2O/c1-6-14-15(7-1)12-4-2-10(3-5-12)11-8-13-9-11;2*1-2/h1-7,11,13H,8-9H2;1-2H3;1H2. The van der Waals surface area contributed by atoms with Crippen LogP contribution in [0.15, 0.2) is 42.7 Å². The van der Waals surface area contributed by atoms with E-state index in [0.29, 0.717) is 5.92 Å². The molecule has 1 N–H and O–H groups in total. The number of nitrogens with one attached hydrogen (secondary N) is 1. The summed E-state index contributed by atoms with van der Waals surface area (Å²) in [4.78, 5) is 8.00. The van der Waals surface area contributed by atoms with E-state index >= 15 is 0 Å². The van der Waals surface area contributed by atoms with Crippen LogP contribution in [-0.4, -0.2) is 29.7 Å². The fourth-order valence-corrected chi connectivity index (χ4v) is 1.85. The molecule has 0 aliphatic carbocycles. The van der Waals surface area contributed by atoms with Gasteiger partial charge in [0, 0.05) is 31.4 Å². The lowest BCUT2D eigenvalue weighted by Crippen LogP contribution is -2.39. The molecule has 1 aromatic heterocycles. The van der Waals surface area contributed by atoms with Crippen molar-refractivity contribution in [3.63, 3.8) is 0 Å². The monoisotopic (exact) mass is 259 g/mol. The largest absolute Gasteiger partial charge is 0.315 e. The molecule has 1 fully saturated rings. The molecule has 0 amide bonds. The number of hydrogen-bond acceptors (Lipinski definition) is 3. The minimum atomic E-state index is 0.705. The molecule has 4 nitrogen and oxygen atoms in total. The second kappa shape index (κ2) is 8.21. The van der Waals surface area contributed by atoms with Crippen LogP contribution in [0.25, 0.3) is 5.69 Å². The molecule has 0 atom stereocenters. The first kappa shape index (κ1) is 15.1. The molecule has 4 heteroatoms. The van der Waals surface area contributed by atoms with E-state index in [9.17, 15) is 0 Å². The first-order valence-electron chi connectivity index (χ1n) is 6.53. The molecule has 0 bridgehead atoms. The van der Waals surface area contributed by atoms with Gasteiger partial charge in [0.1, 0.15) is 6.79 Å². The minimum Gasteiger partial charge on any atom is -0.315 e. The number of hydrogen-bond donors (Lipinski definition) is 1. The van der Waals surface area contributed by atoms with E-state index in [0.717, 1.165) is 18.8 Å². The Morgan fingerprint density at radius 3 is 2.26 bits per heavy atom. The van der Waals surface area contributed by atoms with E-state index in [1.165, 1.54) is 5.56 Å². The van der Waals surface area contributed by atoms with E-state index in [-0.39, 0.29) is 0 Å². The average Bonchev–Trinajstić information content (AvgIpc) is 2.96. The van der Waals surface area contributed by atoms with Gasteiger partial charge >= 0.3 is 0 Å². The van der Waals surface area contributed by atoms with Crippen LogP contribution in [0, 0.1) is 0 Å². The molecule has 2 aromatic rings. The zero-order chi connectivity index (χ0) is 14.1. The van der Waals surface area contributed by atoms with Crippen molar-refractivity contribution >= 4 is 6.79 Å². The number of rotatable bonds is 2. The normalized spacial score (nSPS) is 13.4. The average molecular weight is 259 g/mol.